The van der Waals surface area contributed by atoms with Gasteiger partial charge < -0.3 is 25.0 Å². The van der Waals surface area contributed by atoms with Gasteiger partial charge in [0.25, 0.3) is 0 Å². The summed E-state index contributed by atoms with van der Waals surface area (Å²) in [5.74, 6) is 1.63. The number of likely N-dealkylation sites (N-methyl/N-ethyl adjacent to an activating group) is 1. The Bertz CT molecular complexity index is 511. The molecule has 0 aliphatic carbocycles. The summed E-state index contributed by atoms with van der Waals surface area (Å²) in [5.41, 5.74) is 1.15. The number of methoxy groups -OCH3 is 2. The van der Waals surface area contributed by atoms with Crippen molar-refractivity contribution in [2.24, 2.45) is 4.99 Å². The van der Waals surface area contributed by atoms with Crippen LogP contribution in [0.3, 0.4) is 0 Å². The molecule has 1 aromatic carbocycles. The second-order valence-electron chi connectivity index (χ2n) is 5.47. The quantitative estimate of drug-likeness (QED) is 0.357. The van der Waals surface area contributed by atoms with E-state index in [1.165, 1.54) is 0 Å². The molecule has 0 aliphatic rings. The summed E-state index contributed by atoms with van der Waals surface area (Å²) in [4.78, 5) is 6.53. The summed E-state index contributed by atoms with van der Waals surface area (Å²) in [5, 5.41) is 6.64. The summed E-state index contributed by atoms with van der Waals surface area (Å²) < 4.78 is 11.3. The number of halogens is 1. The Morgan fingerprint density at radius 2 is 2.04 bits per heavy atom. The van der Waals surface area contributed by atoms with Gasteiger partial charge in [0.2, 0.25) is 0 Å². The molecule has 7 heteroatoms. The Balaban J connectivity index is 2.31. The topological polar surface area (TPSA) is 58.1 Å². The van der Waals surface area contributed by atoms with Gasteiger partial charge in [-0.05, 0) is 47.1 Å². The van der Waals surface area contributed by atoms with Gasteiger partial charge in [-0.1, -0.05) is 6.07 Å². The molecule has 0 spiro atoms. The first-order valence-corrected chi connectivity index (χ1v) is 8.84. The summed E-state index contributed by atoms with van der Waals surface area (Å²) in [6, 6.07) is 6.03. The van der Waals surface area contributed by atoms with Crippen LogP contribution in [0.15, 0.2) is 27.7 Å². The van der Waals surface area contributed by atoms with Crippen LogP contribution in [0.25, 0.3) is 0 Å². The molecule has 0 aromatic heterocycles. The molecule has 0 saturated heterocycles. The van der Waals surface area contributed by atoms with Crippen LogP contribution in [0.5, 0.6) is 5.75 Å². The zero-order valence-electron chi connectivity index (χ0n) is 15.1. The largest absolute Gasteiger partial charge is 0.496 e. The van der Waals surface area contributed by atoms with Crippen LogP contribution in [-0.4, -0.2) is 65.4 Å². The molecule has 0 aliphatic heterocycles. The fourth-order valence-corrected chi connectivity index (χ4v) is 2.77. The first-order chi connectivity index (χ1) is 11.6. The molecule has 0 saturated carbocycles. The second kappa shape index (κ2) is 12.1. The van der Waals surface area contributed by atoms with Crippen molar-refractivity contribution in [1.82, 2.24) is 15.5 Å². The monoisotopic (exact) mass is 400 g/mol. The van der Waals surface area contributed by atoms with Gasteiger partial charge in [-0.25, -0.2) is 0 Å². The molecule has 2 N–H and O–H groups in total. The number of nitrogens with zero attached hydrogens (tertiary/aromatic N) is 2. The third-order valence-electron chi connectivity index (χ3n) is 3.57. The van der Waals surface area contributed by atoms with Gasteiger partial charge in [0.1, 0.15) is 5.75 Å². The van der Waals surface area contributed by atoms with Crippen molar-refractivity contribution in [2.75, 3.05) is 54.6 Å². The van der Waals surface area contributed by atoms with Crippen LogP contribution in [0, 0.1) is 0 Å². The Labute approximate surface area is 153 Å². The molecule has 6 nitrogen and oxygen atoms in total. The van der Waals surface area contributed by atoms with Gasteiger partial charge in [-0.2, -0.15) is 0 Å². The highest BCUT2D eigenvalue weighted by molar-refractivity contribution is 9.10. The molecule has 0 atom stereocenters. The van der Waals surface area contributed by atoms with Gasteiger partial charge >= 0.3 is 0 Å². The molecule has 1 rings (SSSR count). The highest BCUT2D eigenvalue weighted by atomic mass is 79.9. The fraction of sp³-hybridized carbons (Fsp3) is 0.588. The smallest absolute Gasteiger partial charge is 0.191 e. The van der Waals surface area contributed by atoms with Crippen molar-refractivity contribution < 1.29 is 9.47 Å². The Hall–Kier alpha value is -1.31. The van der Waals surface area contributed by atoms with Crippen molar-refractivity contribution in [2.45, 2.75) is 13.0 Å². The first kappa shape index (κ1) is 20.7. The van der Waals surface area contributed by atoms with E-state index in [0.717, 1.165) is 54.4 Å². The van der Waals surface area contributed by atoms with E-state index in [0.29, 0.717) is 6.54 Å². The molecule has 0 bridgehead atoms. The summed E-state index contributed by atoms with van der Waals surface area (Å²) >= 11 is 3.50. The van der Waals surface area contributed by atoms with E-state index in [9.17, 15) is 0 Å². The standard InChI is InChI=1S/C17H29BrN4O2/c1-19-17(20-8-10-22(2)9-5-11-23-3)21-13-14-6-7-16(24-4)15(18)12-14/h6-7,12H,5,8-11,13H2,1-4H3,(H2,19,20,21). The van der Waals surface area contributed by atoms with Gasteiger partial charge in [-0.3, -0.25) is 4.99 Å². The number of hydrogen-bond donors (Lipinski definition) is 2. The molecular weight excluding hydrogens is 372 g/mol. The van der Waals surface area contributed by atoms with Crippen molar-refractivity contribution in [3.05, 3.63) is 28.2 Å². The minimum Gasteiger partial charge on any atom is -0.496 e. The lowest BCUT2D eigenvalue weighted by Gasteiger charge is -2.18. The molecular formula is C17H29BrN4O2. The first-order valence-electron chi connectivity index (χ1n) is 8.05. The maximum Gasteiger partial charge on any atom is 0.191 e. The third kappa shape index (κ3) is 7.99. The summed E-state index contributed by atoms with van der Waals surface area (Å²) in [6.07, 6.45) is 1.05. The van der Waals surface area contributed by atoms with E-state index in [-0.39, 0.29) is 0 Å². The van der Waals surface area contributed by atoms with Crippen LogP contribution < -0.4 is 15.4 Å². The van der Waals surface area contributed by atoms with Crippen LogP contribution >= 0.6 is 15.9 Å². The fourth-order valence-electron chi connectivity index (χ4n) is 2.18. The molecule has 24 heavy (non-hydrogen) atoms. The number of benzene rings is 1. The number of hydrogen-bond acceptors (Lipinski definition) is 4. The molecule has 1 aromatic rings. The molecule has 0 radical (unpaired) electrons. The van der Waals surface area contributed by atoms with Crippen molar-refractivity contribution in [3.63, 3.8) is 0 Å². The van der Waals surface area contributed by atoms with E-state index in [1.54, 1.807) is 21.3 Å². The van der Waals surface area contributed by atoms with E-state index in [2.05, 4.69) is 43.5 Å². The maximum absolute atomic E-state index is 5.24. The highest BCUT2D eigenvalue weighted by Crippen LogP contribution is 2.25. The van der Waals surface area contributed by atoms with E-state index >= 15 is 0 Å². The Kier molecular flexibility index (Phi) is 10.5. The van der Waals surface area contributed by atoms with Crippen LogP contribution in [0.2, 0.25) is 0 Å². The number of nitrogens with one attached hydrogen (secondary N) is 2. The Morgan fingerprint density at radius 1 is 1.25 bits per heavy atom. The van der Waals surface area contributed by atoms with Gasteiger partial charge in [-0.15, -0.1) is 0 Å². The summed E-state index contributed by atoms with van der Waals surface area (Å²) in [7, 11) is 7.29. The van der Waals surface area contributed by atoms with E-state index in [1.807, 2.05) is 18.2 Å². The summed E-state index contributed by atoms with van der Waals surface area (Å²) in [6.45, 7) is 4.33. The van der Waals surface area contributed by atoms with Crippen LogP contribution in [0.1, 0.15) is 12.0 Å². The van der Waals surface area contributed by atoms with Crippen LogP contribution in [-0.2, 0) is 11.3 Å². The third-order valence-corrected chi connectivity index (χ3v) is 4.19. The zero-order valence-corrected chi connectivity index (χ0v) is 16.6. The predicted octanol–water partition coefficient (Wildman–Crippen LogP) is 2.09. The van der Waals surface area contributed by atoms with Crippen molar-refractivity contribution >= 4 is 21.9 Å². The van der Waals surface area contributed by atoms with Gasteiger partial charge in [0.15, 0.2) is 5.96 Å². The van der Waals surface area contributed by atoms with E-state index < -0.39 is 0 Å². The lowest BCUT2D eigenvalue weighted by atomic mass is 10.2. The normalized spacial score (nSPS) is 11.7. The van der Waals surface area contributed by atoms with Crippen molar-refractivity contribution in [3.8, 4) is 5.75 Å². The minimum atomic E-state index is 0.700. The van der Waals surface area contributed by atoms with Gasteiger partial charge in [0, 0.05) is 46.9 Å². The molecule has 136 valence electrons. The number of rotatable bonds is 10. The number of guanidine groups is 1. The predicted molar refractivity (Wildman–Crippen MR) is 103 cm³/mol. The van der Waals surface area contributed by atoms with E-state index in [4.69, 9.17) is 9.47 Å². The SMILES string of the molecule is CN=C(NCCN(C)CCCOC)NCc1ccc(OC)c(Br)c1. The molecule has 0 heterocycles. The lowest BCUT2D eigenvalue weighted by molar-refractivity contribution is 0.180. The number of ether oxygens (including phenoxy) is 2. The molecule has 0 fully saturated rings. The van der Waals surface area contributed by atoms with Crippen LogP contribution in [0.4, 0.5) is 0 Å². The minimum absolute atomic E-state index is 0.700. The second-order valence-corrected chi connectivity index (χ2v) is 6.33. The molecule has 0 amide bonds. The number of aliphatic imine (C=N–C) groups is 1. The Morgan fingerprint density at radius 3 is 2.67 bits per heavy atom. The maximum atomic E-state index is 5.24. The van der Waals surface area contributed by atoms with Crippen molar-refractivity contribution in [1.29, 1.82) is 0 Å². The highest BCUT2D eigenvalue weighted by Gasteiger charge is 2.03. The van der Waals surface area contributed by atoms with Gasteiger partial charge in [0.05, 0.1) is 11.6 Å². The molecule has 0 unspecified atom stereocenters. The lowest BCUT2D eigenvalue weighted by Crippen LogP contribution is -2.40. The zero-order chi connectivity index (χ0) is 17.8. The average molecular weight is 401 g/mol. The average Bonchev–Trinajstić information content (AvgIpc) is 2.58.